The Bertz CT molecular complexity index is 1830. The Morgan fingerprint density at radius 1 is 0.823 bits per heavy atom. The zero-order valence-electron chi connectivity index (χ0n) is 35.5. The van der Waals surface area contributed by atoms with E-state index in [1.54, 1.807) is 29.1 Å². The summed E-state index contributed by atoms with van der Waals surface area (Å²) < 4.78 is 43.2. The van der Waals surface area contributed by atoms with Gasteiger partial charge < -0.3 is 50.3 Å². The highest BCUT2D eigenvalue weighted by Crippen LogP contribution is 2.22. The molecule has 1 aliphatic rings. The molecule has 0 radical (unpaired) electrons. The molecule has 4 amide bonds. The van der Waals surface area contributed by atoms with Crippen LogP contribution in [0.5, 0.6) is 0 Å². The molecule has 3 aromatic rings. The van der Waals surface area contributed by atoms with E-state index < -0.39 is 29.4 Å². The van der Waals surface area contributed by atoms with Crippen LogP contribution in [0.25, 0.3) is 0 Å². The summed E-state index contributed by atoms with van der Waals surface area (Å²) in [6.45, 7) is 8.90. The van der Waals surface area contributed by atoms with E-state index in [0.29, 0.717) is 110 Å². The molecule has 5 N–H and O–H groups in total. The van der Waals surface area contributed by atoms with Crippen molar-refractivity contribution in [3.05, 3.63) is 75.8 Å². The van der Waals surface area contributed by atoms with Gasteiger partial charge in [0, 0.05) is 43.9 Å². The van der Waals surface area contributed by atoms with Crippen LogP contribution in [-0.4, -0.2) is 148 Å². The fourth-order valence-corrected chi connectivity index (χ4v) is 6.34. The zero-order chi connectivity index (χ0) is 44.4. The molecule has 0 unspecified atom stereocenters. The van der Waals surface area contributed by atoms with Gasteiger partial charge in [-0.25, -0.2) is 9.07 Å². The van der Waals surface area contributed by atoms with Crippen LogP contribution >= 0.6 is 11.6 Å². The number of piperidine rings is 1. The standard InChI is InChI=1S/C42H61ClFN9O9/c1-51(15-18-59-22-23-61-24-25-62-31-36-30-53(50-49-36)16-19-60-21-20-58-17-10-39(45)54)12-5-11-46-41(56)42(57)47-28-33-7-6-32(26-34(33)29-52-13-3-2-4-14-52)40(55)48-35-8-9-37(43)38(44)27-35/h6-9,26-27,30H,2-5,10-25,28-29,31H2,1H3,(H2,45,54)(H,46,56)(H,47,57)(H,48,55). The number of nitrogens with zero attached hydrogens (tertiary/aromatic N) is 5. The predicted molar refractivity (Wildman–Crippen MR) is 229 cm³/mol. The number of hydrogen-bond donors (Lipinski definition) is 4. The minimum absolute atomic E-state index is 0.0340. The Hall–Kier alpha value is -4.60. The van der Waals surface area contributed by atoms with Gasteiger partial charge in [0.2, 0.25) is 5.91 Å². The molecule has 2 heterocycles. The number of likely N-dealkylation sites (N-methyl/N-ethyl adjacent to an activating group) is 1. The number of ether oxygens (including phenoxy) is 5. The molecule has 1 aliphatic heterocycles. The Kier molecular flexibility index (Phi) is 23.3. The summed E-state index contributed by atoms with van der Waals surface area (Å²) in [5.41, 5.74) is 8.09. The number of primary amides is 1. The Morgan fingerprint density at radius 3 is 2.26 bits per heavy atom. The van der Waals surface area contributed by atoms with Gasteiger partial charge in [-0.3, -0.25) is 24.1 Å². The Balaban J connectivity index is 1.01. The summed E-state index contributed by atoms with van der Waals surface area (Å²) in [7, 11) is 1.96. The second kappa shape index (κ2) is 28.9. The van der Waals surface area contributed by atoms with Crippen molar-refractivity contribution in [1.82, 2.24) is 35.4 Å². The molecule has 1 aromatic heterocycles. The van der Waals surface area contributed by atoms with Crippen molar-refractivity contribution >= 4 is 40.9 Å². The first kappa shape index (κ1) is 50.0. The summed E-state index contributed by atoms with van der Waals surface area (Å²) in [5, 5.41) is 16.2. The number of nitrogens with two attached hydrogens (primary N) is 1. The number of aromatic nitrogens is 3. The smallest absolute Gasteiger partial charge is 0.309 e. The number of nitrogens with one attached hydrogen (secondary N) is 3. The summed E-state index contributed by atoms with van der Waals surface area (Å²) in [5.74, 6) is -2.88. The van der Waals surface area contributed by atoms with Gasteiger partial charge in [-0.1, -0.05) is 29.3 Å². The van der Waals surface area contributed by atoms with Gasteiger partial charge in [0.05, 0.1) is 83.8 Å². The molecule has 0 spiro atoms. The molecule has 0 aliphatic carbocycles. The molecule has 1 fully saturated rings. The lowest BCUT2D eigenvalue weighted by Gasteiger charge is -2.27. The van der Waals surface area contributed by atoms with Gasteiger partial charge in [0.1, 0.15) is 11.5 Å². The molecule has 1 saturated heterocycles. The predicted octanol–water partition coefficient (Wildman–Crippen LogP) is 2.52. The quantitative estimate of drug-likeness (QED) is 0.0561. The SMILES string of the molecule is CN(CCCNC(=O)C(=O)NCc1ccc(C(=O)Nc2ccc(Cl)c(F)c2)cc1CN1CCCCC1)CCOCCOCCOCc1cn(CCOCCOCCC(N)=O)nn1. The van der Waals surface area contributed by atoms with E-state index in [1.165, 1.54) is 18.6 Å². The third-order valence-electron chi connectivity index (χ3n) is 9.66. The van der Waals surface area contributed by atoms with E-state index in [9.17, 15) is 23.6 Å². The van der Waals surface area contributed by atoms with Crippen LogP contribution in [0.1, 0.15) is 59.3 Å². The van der Waals surface area contributed by atoms with Crippen molar-refractivity contribution in [2.45, 2.75) is 58.3 Å². The number of hydrogen-bond acceptors (Lipinski definition) is 13. The molecule has 0 bridgehead atoms. The van der Waals surface area contributed by atoms with Crippen LogP contribution in [0, 0.1) is 5.82 Å². The van der Waals surface area contributed by atoms with Gasteiger partial charge in [-0.15, -0.1) is 5.10 Å². The summed E-state index contributed by atoms with van der Waals surface area (Å²) in [4.78, 5) is 53.4. The van der Waals surface area contributed by atoms with Crippen molar-refractivity contribution in [2.75, 3.05) is 105 Å². The normalized spacial score (nSPS) is 13.0. The van der Waals surface area contributed by atoms with Gasteiger partial charge in [0.15, 0.2) is 0 Å². The highest BCUT2D eigenvalue weighted by atomic mass is 35.5. The number of amides is 4. The first-order valence-corrected chi connectivity index (χ1v) is 21.4. The van der Waals surface area contributed by atoms with Crippen LogP contribution in [0.15, 0.2) is 42.6 Å². The Morgan fingerprint density at radius 2 is 1.52 bits per heavy atom. The van der Waals surface area contributed by atoms with E-state index in [-0.39, 0.29) is 30.3 Å². The monoisotopic (exact) mass is 889 g/mol. The van der Waals surface area contributed by atoms with Gasteiger partial charge in [-0.2, -0.15) is 0 Å². The minimum Gasteiger partial charge on any atom is -0.379 e. The molecule has 2 aromatic carbocycles. The summed E-state index contributed by atoms with van der Waals surface area (Å²) in [6, 6.07) is 9.27. The highest BCUT2D eigenvalue weighted by molar-refractivity contribution is 6.35. The summed E-state index contributed by atoms with van der Waals surface area (Å²) in [6.07, 6.45) is 5.98. The second-order valence-electron chi connectivity index (χ2n) is 14.7. The average Bonchev–Trinajstić information content (AvgIpc) is 3.72. The van der Waals surface area contributed by atoms with Crippen molar-refractivity contribution in [3.8, 4) is 0 Å². The van der Waals surface area contributed by atoms with Crippen molar-refractivity contribution in [2.24, 2.45) is 5.73 Å². The van der Waals surface area contributed by atoms with Gasteiger partial charge in [-0.05, 0) is 87.4 Å². The number of benzene rings is 2. The lowest BCUT2D eigenvalue weighted by atomic mass is 10.0. The zero-order valence-corrected chi connectivity index (χ0v) is 36.3. The average molecular weight is 890 g/mol. The van der Waals surface area contributed by atoms with Crippen LogP contribution in [0.3, 0.4) is 0 Å². The molecule has 342 valence electrons. The van der Waals surface area contributed by atoms with Crippen molar-refractivity contribution in [3.63, 3.8) is 0 Å². The molecular formula is C42H61ClFN9O9. The fraction of sp³-hybridized carbons (Fsp3) is 0.571. The lowest BCUT2D eigenvalue weighted by molar-refractivity contribution is -0.139. The number of carbonyl (C=O) groups is 4. The van der Waals surface area contributed by atoms with Gasteiger partial charge in [0.25, 0.3) is 5.91 Å². The third-order valence-corrected chi connectivity index (χ3v) is 9.97. The Labute approximate surface area is 367 Å². The molecule has 0 atom stereocenters. The number of likely N-dealkylation sites (tertiary alicyclic amines) is 1. The van der Waals surface area contributed by atoms with Crippen LogP contribution in [0.2, 0.25) is 5.02 Å². The lowest BCUT2D eigenvalue weighted by Crippen LogP contribution is -2.40. The van der Waals surface area contributed by atoms with Crippen LogP contribution in [0.4, 0.5) is 10.1 Å². The molecule has 18 nitrogen and oxygen atoms in total. The van der Waals surface area contributed by atoms with Crippen LogP contribution < -0.4 is 21.7 Å². The van der Waals surface area contributed by atoms with Crippen molar-refractivity contribution in [1.29, 1.82) is 0 Å². The number of anilines is 1. The first-order chi connectivity index (χ1) is 30.1. The molecule has 0 saturated carbocycles. The molecular weight excluding hydrogens is 829 g/mol. The van der Waals surface area contributed by atoms with Gasteiger partial charge >= 0.3 is 11.8 Å². The van der Waals surface area contributed by atoms with E-state index in [4.69, 9.17) is 41.0 Å². The number of halogens is 2. The van der Waals surface area contributed by atoms with Crippen LogP contribution in [-0.2, 0) is 64.3 Å². The maximum atomic E-state index is 13.9. The topological polar surface area (TPSA) is 214 Å². The largest absolute Gasteiger partial charge is 0.379 e. The second-order valence-corrected chi connectivity index (χ2v) is 15.1. The number of carbonyl (C=O) groups excluding carboxylic acids is 4. The minimum atomic E-state index is -0.738. The fourth-order valence-electron chi connectivity index (χ4n) is 6.22. The summed E-state index contributed by atoms with van der Waals surface area (Å²) >= 11 is 5.78. The first-order valence-electron chi connectivity index (χ1n) is 21.0. The van der Waals surface area contributed by atoms with E-state index >= 15 is 0 Å². The molecule has 4 rings (SSSR count). The maximum absolute atomic E-state index is 13.9. The maximum Gasteiger partial charge on any atom is 0.309 e. The van der Waals surface area contributed by atoms with E-state index in [0.717, 1.165) is 43.1 Å². The third kappa shape index (κ3) is 20.1. The van der Waals surface area contributed by atoms with Crippen molar-refractivity contribution < 1.29 is 47.3 Å². The molecule has 62 heavy (non-hydrogen) atoms. The number of rotatable bonds is 30. The van der Waals surface area contributed by atoms with E-state index in [2.05, 4.69) is 36.1 Å². The van der Waals surface area contributed by atoms with E-state index in [1.807, 2.05) is 7.05 Å². The highest BCUT2D eigenvalue weighted by Gasteiger charge is 2.18. The molecule has 20 heteroatoms.